The van der Waals surface area contributed by atoms with E-state index in [1.807, 2.05) is 29.8 Å². The van der Waals surface area contributed by atoms with Gasteiger partial charge in [-0.05, 0) is 36.6 Å². The summed E-state index contributed by atoms with van der Waals surface area (Å²) in [7, 11) is 0. The summed E-state index contributed by atoms with van der Waals surface area (Å²) >= 11 is 0. The molecule has 0 saturated carbocycles. The zero-order chi connectivity index (χ0) is 20.4. The minimum Gasteiger partial charge on any atom is -0.447 e. The maximum absolute atomic E-state index is 12.2. The number of amides is 1. The van der Waals surface area contributed by atoms with Crippen molar-refractivity contribution in [1.29, 1.82) is 0 Å². The number of aromatic nitrogens is 4. The number of imidazole rings is 1. The number of anilines is 2. The van der Waals surface area contributed by atoms with Crippen LogP contribution in [0.4, 0.5) is 16.6 Å². The molecule has 1 saturated heterocycles. The Hall–Kier alpha value is -3.42. The van der Waals surface area contributed by atoms with E-state index in [4.69, 9.17) is 4.74 Å². The van der Waals surface area contributed by atoms with Crippen LogP contribution >= 0.6 is 0 Å². The van der Waals surface area contributed by atoms with Crippen molar-refractivity contribution in [1.82, 2.24) is 19.5 Å². The van der Waals surface area contributed by atoms with Crippen LogP contribution in [0, 0.1) is 5.92 Å². The molecule has 1 amide bonds. The van der Waals surface area contributed by atoms with Gasteiger partial charge in [0.05, 0.1) is 18.4 Å². The summed E-state index contributed by atoms with van der Waals surface area (Å²) in [6.45, 7) is 6.55. The Labute approximate surface area is 169 Å². The molecule has 2 atom stereocenters. The van der Waals surface area contributed by atoms with Crippen molar-refractivity contribution in [2.45, 2.75) is 32.9 Å². The summed E-state index contributed by atoms with van der Waals surface area (Å²) in [5, 5.41) is 3.32. The second kappa shape index (κ2) is 7.90. The first-order chi connectivity index (χ1) is 14.0. The van der Waals surface area contributed by atoms with Gasteiger partial charge >= 0.3 is 6.09 Å². The lowest BCUT2D eigenvalue weighted by molar-refractivity contribution is 0.177. The van der Waals surface area contributed by atoms with Gasteiger partial charge < -0.3 is 14.6 Å². The molecule has 0 bridgehead atoms. The standard InChI is InChI=1S/C21H24N6O2/c1-14(2)18-12-29-21(28)27(18)19-8-9-23-20(25-19)24-15(3)16-4-6-17(7-5-16)26-11-10-22-13-26/h4-11,13-15,18H,12H2,1-3H3,(H,23,24,25)/t15-,18-/m1/s1. The average molecular weight is 392 g/mol. The van der Waals surface area contributed by atoms with E-state index in [1.165, 1.54) is 0 Å². The number of nitrogens with one attached hydrogen (secondary N) is 1. The molecule has 150 valence electrons. The van der Waals surface area contributed by atoms with Gasteiger partial charge in [0, 0.05) is 24.3 Å². The van der Waals surface area contributed by atoms with Gasteiger partial charge in [0.15, 0.2) is 0 Å². The highest BCUT2D eigenvalue weighted by Gasteiger charge is 2.37. The number of hydrogen-bond acceptors (Lipinski definition) is 6. The van der Waals surface area contributed by atoms with E-state index in [2.05, 4.69) is 46.2 Å². The van der Waals surface area contributed by atoms with Crippen molar-refractivity contribution in [2.75, 3.05) is 16.8 Å². The van der Waals surface area contributed by atoms with Crippen LogP contribution in [-0.4, -0.2) is 38.3 Å². The normalized spacial score (nSPS) is 17.4. The van der Waals surface area contributed by atoms with E-state index in [9.17, 15) is 4.79 Å². The molecule has 1 fully saturated rings. The first-order valence-corrected chi connectivity index (χ1v) is 9.67. The van der Waals surface area contributed by atoms with Crippen LogP contribution < -0.4 is 10.2 Å². The van der Waals surface area contributed by atoms with Crippen LogP contribution in [-0.2, 0) is 4.74 Å². The molecule has 1 N–H and O–H groups in total. The third-order valence-electron chi connectivity index (χ3n) is 5.10. The fraction of sp³-hybridized carbons (Fsp3) is 0.333. The largest absolute Gasteiger partial charge is 0.447 e. The minimum atomic E-state index is -0.364. The van der Waals surface area contributed by atoms with Crippen LogP contribution in [0.15, 0.2) is 55.2 Å². The first-order valence-electron chi connectivity index (χ1n) is 9.67. The van der Waals surface area contributed by atoms with Gasteiger partial charge in [-0.3, -0.25) is 4.90 Å². The third-order valence-corrected chi connectivity index (χ3v) is 5.10. The minimum absolute atomic E-state index is 0.00601. The van der Waals surface area contributed by atoms with Crippen LogP contribution in [0.25, 0.3) is 5.69 Å². The lowest BCUT2D eigenvalue weighted by Gasteiger charge is -2.23. The highest BCUT2D eigenvalue weighted by atomic mass is 16.6. The Morgan fingerprint density at radius 3 is 2.62 bits per heavy atom. The molecule has 1 aromatic carbocycles. The highest BCUT2D eigenvalue weighted by molar-refractivity contribution is 5.89. The number of cyclic esters (lactones) is 1. The van der Waals surface area contributed by atoms with E-state index in [-0.39, 0.29) is 24.1 Å². The number of rotatable bonds is 6. The maximum atomic E-state index is 12.2. The summed E-state index contributed by atoms with van der Waals surface area (Å²) in [5.41, 5.74) is 2.15. The quantitative estimate of drug-likeness (QED) is 0.686. The lowest BCUT2D eigenvalue weighted by atomic mass is 10.0. The first kappa shape index (κ1) is 18.9. The van der Waals surface area contributed by atoms with Gasteiger partial charge in [0.1, 0.15) is 12.4 Å². The molecule has 0 spiro atoms. The summed E-state index contributed by atoms with van der Waals surface area (Å²) in [6.07, 6.45) is 6.72. The van der Waals surface area contributed by atoms with Crippen molar-refractivity contribution in [3.63, 3.8) is 0 Å². The van der Waals surface area contributed by atoms with Crippen LogP contribution in [0.2, 0.25) is 0 Å². The average Bonchev–Trinajstić information content (AvgIpc) is 3.38. The predicted molar refractivity (Wildman–Crippen MR) is 110 cm³/mol. The molecule has 8 heteroatoms. The van der Waals surface area contributed by atoms with E-state index in [0.717, 1.165) is 11.3 Å². The second-order valence-electron chi connectivity index (χ2n) is 7.42. The number of carbonyl (C=O) groups is 1. The second-order valence-corrected chi connectivity index (χ2v) is 7.42. The molecule has 0 radical (unpaired) electrons. The molecule has 8 nitrogen and oxygen atoms in total. The number of nitrogens with zero attached hydrogens (tertiary/aromatic N) is 5. The summed E-state index contributed by atoms with van der Waals surface area (Å²) in [5.74, 6) is 1.28. The Bertz CT molecular complexity index is 971. The molecular formula is C21H24N6O2. The number of carbonyl (C=O) groups excluding carboxylic acids is 1. The Morgan fingerprint density at radius 1 is 1.14 bits per heavy atom. The molecule has 2 aromatic heterocycles. The van der Waals surface area contributed by atoms with E-state index < -0.39 is 0 Å². The summed E-state index contributed by atoms with van der Waals surface area (Å²) in [4.78, 5) is 26.7. The van der Waals surface area contributed by atoms with E-state index in [1.54, 1.807) is 29.7 Å². The molecule has 0 unspecified atom stereocenters. The molecular weight excluding hydrogens is 368 g/mol. The number of benzene rings is 1. The molecule has 0 aliphatic carbocycles. The van der Waals surface area contributed by atoms with Gasteiger partial charge in [-0.25, -0.2) is 14.8 Å². The van der Waals surface area contributed by atoms with Gasteiger partial charge in [0.25, 0.3) is 0 Å². The van der Waals surface area contributed by atoms with Crippen LogP contribution in [0.3, 0.4) is 0 Å². The molecule has 1 aliphatic heterocycles. The maximum Gasteiger partial charge on any atom is 0.415 e. The Balaban J connectivity index is 1.50. The zero-order valence-corrected chi connectivity index (χ0v) is 16.7. The van der Waals surface area contributed by atoms with Crippen LogP contribution in [0.1, 0.15) is 32.4 Å². The predicted octanol–water partition coefficient (Wildman–Crippen LogP) is 3.82. The fourth-order valence-corrected chi connectivity index (χ4v) is 3.37. The third kappa shape index (κ3) is 3.91. The summed E-state index contributed by atoms with van der Waals surface area (Å²) < 4.78 is 7.18. The van der Waals surface area contributed by atoms with Gasteiger partial charge in [-0.15, -0.1) is 0 Å². The van der Waals surface area contributed by atoms with Crippen LogP contribution in [0.5, 0.6) is 0 Å². The Kier molecular flexibility index (Phi) is 5.16. The molecule has 3 aromatic rings. The smallest absolute Gasteiger partial charge is 0.415 e. The highest BCUT2D eigenvalue weighted by Crippen LogP contribution is 2.26. The van der Waals surface area contributed by atoms with E-state index >= 15 is 0 Å². The van der Waals surface area contributed by atoms with Gasteiger partial charge in [-0.1, -0.05) is 26.0 Å². The molecule has 4 rings (SSSR count). The van der Waals surface area contributed by atoms with Crippen molar-refractivity contribution in [3.8, 4) is 5.69 Å². The van der Waals surface area contributed by atoms with Crippen molar-refractivity contribution in [2.24, 2.45) is 5.92 Å². The number of ether oxygens (including phenoxy) is 1. The van der Waals surface area contributed by atoms with Crippen molar-refractivity contribution >= 4 is 17.9 Å². The van der Waals surface area contributed by atoms with Gasteiger partial charge in [-0.2, -0.15) is 4.98 Å². The number of hydrogen-bond donors (Lipinski definition) is 1. The summed E-state index contributed by atoms with van der Waals surface area (Å²) in [6, 6.07) is 9.90. The lowest BCUT2D eigenvalue weighted by Crippen LogP contribution is -2.37. The Morgan fingerprint density at radius 2 is 1.93 bits per heavy atom. The van der Waals surface area contributed by atoms with E-state index in [0.29, 0.717) is 18.4 Å². The molecule has 29 heavy (non-hydrogen) atoms. The fourth-order valence-electron chi connectivity index (χ4n) is 3.37. The molecule has 3 heterocycles. The SMILES string of the molecule is CC(C)[C@H]1COC(=O)N1c1ccnc(N[C@H](C)c2ccc(-n3ccnc3)cc2)n1. The van der Waals surface area contributed by atoms with Gasteiger partial charge in [0.2, 0.25) is 5.95 Å². The zero-order valence-electron chi connectivity index (χ0n) is 16.7. The monoisotopic (exact) mass is 392 g/mol. The molecule has 1 aliphatic rings. The van der Waals surface area contributed by atoms with Crippen molar-refractivity contribution in [3.05, 3.63) is 60.8 Å². The van der Waals surface area contributed by atoms with Crippen molar-refractivity contribution < 1.29 is 9.53 Å². The topological polar surface area (TPSA) is 85.2 Å².